The van der Waals surface area contributed by atoms with Gasteiger partial charge in [-0.15, -0.1) is 0 Å². The fourth-order valence-corrected chi connectivity index (χ4v) is 1.19. The van der Waals surface area contributed by atoms with E-state index >= 15 is 0 Å². The Kier molecular flexibility index (Phi) is 4.26. The number of nitrogens with two attached hydrogens (primary N) is 1. The minimum Gasteiger partial charge on any atom is -0.481 e. The monoisotopic (exact) mass is 180 g/mol. The predicted octanol–water partition coefficient (Wildman–Crippen LogP) is 1.37. The molecule has 0 spiro atoms. The molecule has 1 heterocycles. The first kappa shape index (κ1) is 9.99. The van der Waals surface area contributed by atoms with Crippen LogP contribution in [-0.4, -0.2) is 18.6 Å². The molecule has 0 radical (unpaired) electrons. The molecule has 0 aromatic carbocycles. The quantitative estimate of drug-likeness (QED) is 0.696. The van der Waals surface area contributed by atoms with Gasteiger partial charge in [-0.25, -0.2) is 4.98 Å². The van der Waals surface area contributed by atoms with Gasteiger partial charge in [0.15, 0.2) is 0 Å². The van der Waals surface area contributed by atoms with Gasteiger partial charge in [0.1, 0.15) is 0 Å². The Labute approximate surface area is 78.9 Å². The van der Waals surface area contributed by atoms with Gasteiger partial charge in [-0.1, -0.05) is 0 Å². The minimum absolute atomic E-state index is 0.685. The fourth-order valence-electron chi connectivity index (χ4n) is 1.19. The van der Waals surface area contributed by atoms with Gasteiger partial charge >= 0.3 is 0 Å². The Balaban J connectivity index is 2.46. The Morgan fingerprint density at radius 1 is 1.46 bits per heavy atom. The van der Waals surface area contributed by atoms with E-state index in [1.54, 1.807) is 13.3 Å². The molecule has 1 aromatic heterocycles. The van der Waals surface area contributed by atoms with Crippen LogP contribution in [-0.2, 0) is 6.42 Å². The van der Waals surface area contributed by atoms with Gasteiger partial charge in [0.05, 0.1) is 7.11 Å². The van der Waals surface area contributed by atoms with Crippen molar-refractivity contribution in [3.8, 4) is 5.88 Å². The number of pyridine rings is 1. The lowest BCUT2D eigenvalue weighted by molar-refractivity contribution is 0.397. The zero-order chi connectivity index (χ0) is 9.52. The molecule has 0 saturated heterocycles. The van der Waals surface area contributed by atoms with Gasteiger partial charge in [0.2, 0.25) is 5.88 Å². The van der Waals surface area contributed by atoms with Crippen molar-refractivity contribution in [3.63, 3.8) is 0 Å². The summed E-state index contributed by atoms with van der Waals surface area (Å²) >= 11 is 0. The molecule has 72 valence electrons. The van der Waals surface area contributed by atoms with Crippen LogP contribution in [0.2, 0.25) is 0 Å². The molecule has 0 fully saturated rings. The molecule has 1 aromatic rings. The summed E-state index contributed by atoms with van der Waals surface area (Å²) in [5.74, 6) is 0.685. The van der Waals surface area contributed by atoms with Gasteiger partial charge in [-0.05, 0) is 37.4 Å². The third-order valence-electron chi connectivity index (χ3n) is 1.93. The number of rotatable bonds is 5. The molecule has 0 bridgehead atoms. The predicted molar refractivity (Wildman–Crippen MR) is 52.8 cm³/mol. The zero-order valence-electron chi connectivity index (χ0n) is 7.99. The molecule has 1 rings (SSSR count). The zero-order valence-corrected chi connectivity index (χ0v) is 7.99. The number of methoxy groups -OCH3 is 1. The minimum atomic E-state index is 0.685. The maximum absolute atomic E-state index is 5.41. The fraction of sp³-hybridized carbons (Fsp3) is 0.500. The van der Waals surface area contributed by atoms with E-state index in [-0.39, 0.29) is 0 Å². The molecule has 13 heavy (non-hydrogen) atoms. The summed E-state index contributed by atoms with van der Waals surface area (Å²) in [6, 6.07) is 3.98. The second kappa shape index (κ2) is 5.54. The van der Waals surface area contributed by atoms with E-state index < -0.39 is 0 Å². The molecule has 2 N–H and O–H groups in total. The van der Waals surface area contributed by atoms with E-state index in [0.29, 0.717) is 5.88 Å². The SMILES string of the molecule is COc1cc(CCCCN)ccn1. The van der Waals surface area contributed by atoms with Gasteiger partial charge in [0.25, 0.3) is 0 Å². The van der Waals surface area contributed by atoms with Crippen molar-refractivity contribution < 1.29 is 4.74 Å². The van der Waals surface area contributed by atoms with Gasteiger partial charge in [0, 0.05) is 12.3 Å². The Morgan fingerprint density at radius 3 is 3.00 bits per heavy atom. The van der Waals surface area contributed by atoms with Crippen LogP contribution >= 0.6 is 0 Å². The topological polar surface area (TPSA) is 48.1 Å². The molecule has 0 unspecified atom stereocenters. The number of unbranched alkanes of at least 4 members (excludes halogenated alkanes) is 1. The number of aryl methyl sites for hydroxylation is 1. The molecule has 0 aliphatic heterocycles. The highest BCUT2D eigenvalue weighted by Gasteiger charge is 1.96. The van der Waals surface area contributed by atoms with Crippen molar-refractivity contribution in [1.82, 2.24) is 4.98 Å². The molecule has 0 aliphatic carbocycles. The molecule has 0 saturated carbocycles. The number of nitrogens with zero attached hydrogens (tertiary/aromatic N) is 1. The van der Waals surface area contributed by atoms with Crippen LogP contribution in [0.4, 0.5) is 0 Å². The van der Waals surface area contributed by atoms with Crippen molar-refractivity contribution in [2.24, 2.45) is 5.73 Å². The summed E-state index contributed by atoms with van der Waals surface area (Å²) < 4.78 is 5.03. The van der Waals surface area contributed by atoms with Gasteiger partial charge in [-0.2, -0.15) is 0 Å². The van der Waals surface area contributed by atoms with Crippen LogP contribution in [0.15, 0.2) is 18.3 Å². The smallest absolute Gasteiger partial charge is 0.213 e. The summed E-state index contributed by atoms with van der Waals surface area (Å²) in [4.78, 5) is 4.04. The van der Waals surface area contributed by atoms with Crippen LogP contribution in [0.25, 0.3) is 0 Å². The number of ether oxygens (including phenoxy) is 1. The maximum atomic E-state index is 5.41. The highest BCUT2D eigenvalue weighted by molar-refractivity contribution is 5.20. The Hall–Kier alpha value is -1.09. The molecule has 0 amide bonds. The Bertz CT molecular complexity index is 250. The van der Waals surface area contributed by atoms with Gasteiger partial charge < -0.3 is 10.5 Å². The molecule has 3 heteroatoms. The first-order chi connectivity index (χ1) is 6.36. The van der Waals surface area contributed by atoms with Crippen LogP contribution in [0.5, 0.6) is 5.88 Å². The van der Waals surface area contributed by atoms with Crippen LogP contribution < -0.4 is 10.5 Å². The summed E-state index contributed by atoms with van der Waals surface area (Å²) in [7, 11) is 1.63. The molecule has 0 aliphatic rings. The average Bonchev–Trinajstić information content (AvgIpc) is 2.19. The van der Waals surface area contributed by atoms with Crippen molar-refractivity contribution in [2.75, 3.05) is 13.7 Å². The van der Waals surface area contributed by atoms with E-state index in [4.69, 9.17) is 10.5 Å². The summed E-state index contributed by atoms with van der Waals surface area (Å²) in [6.45, 7) is 0.766. The first-order valence-electron chi connectivity index (χ1n) is 4.56. The molecule has 0 atom stereocenters. The maximum Gasteiger partial charge on any atom is 0.213 e. The van der Waals surface area contributed by atoms with E-state index in [2.05, 4.69) is 4.98 Å². The highest BCUT2D eigenvalue weighted by Crippen LogP contribution is 2.10. The van der Waals surface area contributed by atoms with E-state index in [9.17, 15) is 0 Å². The third kappa shape index (κ3) is 3.42. The largest absolute Gasteiger partial charge is 0.481 e. The van der Waals surface area contributed by atoms with Gasteiger partial charge in [-0.3, -0.25) is 0 Å². The highest BCUT2D eigenvalue weighted by atomic mass is 16.5. The Morgan fingerprint density at radius 2 is 2.31 bits per heavy atom. The number of aromatic nitrogens is 1. The van der Waals surface area contributed by atoms with Crippen LogP contribution in [0.3, 0.4) is 0 Å². The molecule has 3 nitrogen and oxygen atoms in total. The van der Waals surface area contributed by atoms with E-state index in [1.165, 1.54) is 5.56 Å². The first-order valence-corrected chi connectivity index (χ1v) is 4.56. The molecular weight excluding hydrogens is 164 g/mol. The van der Waals surface area contributed by atoms with Crippen molar-refractivity contribution >= 4 is 0 Å². The van der Waals surface area contributed by atoms with Crippen molar-refractivity contribution in [1.29, 1.82) is 0 Å². The number of hydrogen-bond donors (Lipinski definition) is 1. The lowest BCUT2D eigenvalue weighted by Gasteiger charge is -2.02. The molecular formula is C10H16N2O. The lowest BCUT2D eigenvalue weighted by Crippen LogP contribution is -1.99. The van der Waals surface area contributed by atoms with Crippen LogP contribution in [0.1, 0.15) is 18.4 Å². The average molecular weight is 180 g/mol. The van der Waals surface area contributed by atoms with Crippen LogP contribution in [0, 0.1) is 0 Å². The number of hydrogen-bond acceptors (Lipinski definition) is 3. The summed E-state index contributed by atoms with van der Waals surface area (Å²) in [5.41, 5.74) is 6.68. The lowest BCUT2D eigenvalue weighted by atomic mass is 10.1. The standard InChI is InChI=1S/C10H16N2O/c1-13-10-8-9(5-7-12-10)4-2-3-6-11/h5,7-8H,2-4,6,11H2,1H3. The second-order valence-corrected chi connectivity index (χ2v) is 2.95. The third-order valence-corrected chi connectivity index (χ3v) is 1.93. The van der Waals surface area contributed by atoms with E-state index in [1.807, 2.05) is 12.1 Å². The van der Waals surface area contributed by atoms with Crippen molar-refractivity contribution in [3.05, 3.63) is 23.9 Å². The second-order valence-electron chi connectivity index (χ2n) is 2.95. The normalized spacial score (nSPS) is 10.0. The van der Waals surface area contributed by atoms with E-state index in [0.717, 1.165) is 25.8 Å². The summed E-state index contributed by atoms with van der Waals surface area (Å²) in [6.07, 6.45) is 5.03. The van der Waals surface area contributed by atoms with Crippen molar-refractivity contribution in [2.45, 2.75) is 19.3 Å². The summed E-state index contributed by atoms with van der Waals surface area (Å²) in [5, 5.41) is 0.